The van der Waals surface area contributed by atoms with Crippen LogP contribution >= 0.6 is 0 Å². The van der Waals surface area contributed by atoms with E-state index in [2.05, 4.69) is 20.3 Å². The van der Waals surface area contributed by atoms with Crippen LogP contribution in [0, 0.1) is 15.9 Å². The molecule has 8 heteroatoms. The maximum absolute atomic E-state index is 12.6. The third-order valence-electron chi connectivity index (χ3n) is 1.83. The van der Waals surface area contributed by atoms with Gasteiger partial charge in [-0.1, -0.05) is 0 Å². The zero-order chi connectivity index (χ0) is 12.3. The van der Waals surface area contributed by atoms with Crippen molar-refractivity contribution in [2.45, 2.75) is 0 Å². The number of hydrogen-bond acceptors (Lipinski definition) is 6. The second kappa shape index (κ2) is 4.47. The average Bonchev–Trinajstić information content (AvgIpc) is 2.32. The monoisotopic (exact) mass is 235 g/mol. The van der Waals surface area contributed by atoms with Gasteiger partial charge in [0.2, 0.25) is 11.8 Å². The van der Waals surface area contributed by atoms with Crippen molar-refractivity contribution in [1.29, 1.82) is 0 Å². The van der Waals surface area contributed by atoms with Gasteiger partial charge in [-0.3, -0.25) is 10.1 Å². The van der Waals surface area contributed by atoms with Crippen LogP contribution in [0.2, 0.25) is 0 Å². The van der Waals surface area contributed by atoms with Gasteiger partial charge >= 0.3 is 5.69 Å². The molecule has 0 unspecified atom stereocenters. The van der Waals surface area contributed by atoms with Crippen LogP contribution in [0.15, 0.2) is 30.7 Å². The molecule has 0 aromatic carbocycles. The summed E-state index contributed by atoms with van der Waals surface area (Å²) in [4.78, 5) is 21.1. The summed E-state index contributed by atoms with van der Waals surface area (Å²) in [5.74, 6) is -0.552. The molecule has 0 saturated carbocycles. The molecule has 2 rings (SSSR count). The van der Waals surface area contributed by atoms with Crippen molar-refractivity contribution in [3.05, 3.63) is 46.7 Å². The normalized spacial score (nSPS) is 9.94. The van der Waals surface area contributed by atoms with Crippen molar-refractivity contribution in [2.75, 3.05) is 5.32 Å². The molecule has 2 aromatic rings. The molecule has 0 radical (unpaired) electrons. The predicted octanol–water partition coefficient (Wildman–Crippen LogP) is 1.66. The third-order valence-corrected chi connectivity index (χ3v) is 1.83. The molecule has 2 aromatic heterocycles. The maximum Gasteiger partial charge on any atom is 0.311 e. The Bertz CT molecular complexity index is 545. The van der Waals surface area contributed by atoms with Gasteiger partial charge in [0, 0.05) is 12.3 Å². The number of nitrogens with one attached hydrogen (secondary N) is 1. The van der Waals surface area contributed by atoms with Gasteiger partial charge in [-0.05, 0) is 6.07 Å². The number of aromatic nitrogens is 3. The second-order valence-corrected chi connectivity index (χ2v) is 2.98. The fraction of sp³-hybridized carbons (Fsp3) is 0. The molecule has 17 heavy (non-hydrogen) atoms. The third kappa shape index (κ3) is 2.48. The van der Waals surface area contributed by atoms with Gasteiger partial charge in [0.15, 0.2) is 5.82 Å². The summed E-state index contributed by atoms with van der Waals surface area (Å²) in [6.45, 7) is 0. The Morgan fingerprint density at radius 1 is 1.29 bits per heavy atom. The number of anilines is 2. The first-order chi connectivity index (χ1) is 8.16. The van der Waals surface area contributed by atoms with Crippen LogP contribution in [-0.4, -0.2) is 19.9 Å². The topological polar surface area (TPSA) is 93.8 Å². The van der Waals surface area contributed by atoms with E-state index in [0.29, 0.717) is 0 Å². The maximum atomic E-state index is 12.6. The van der Waals surface area contributed by atoms with Crippen molar-refractivity contribution >= 4 is 17.5 Å². The Hall–Kier alpha value is -2.64. The van der Waals surface area contributed by atoms with E-state index in [4.69, 9.17) is 0 Å². The van der Waals surface area contributed by atoms with Gasteiger partial charge in [0.1, 0.15) is 0 Å². The summed E-state index contributed by atoms with van der Waals surface area (Å²) < 4.78 is 12.6. The standard InChI is InChI=1S/C9H6FN5O2/c10-6-4-12-9(13-5-6)14-8-7(15(16)17)2-1-3-11-8/h1-5H,(H,11,12,13,14). The molecule has 0 aliphatic heterocycles. The lowest BCUT2D eigenvalue weighted by Crippen LogP contribution is -2.02. The van der Waals surface area contributed by atoms with Crippen molar-refractivity contribution < 1.29 is 9.31 Å². The van der Waals surface area contributed by atoms with Crippen LogP contribution in [-0.2, 0) is 0 Å². The minimum Gasteiger partial charge on any atom is -0.303 e. The molecule has 7 nitrogen and oxygen atoms in total. The van der Waals surface area contributed by atoms with Crippen LogP contribution in [0.5, 0.6) is 0 Å². The van der Waals surface area contributed by atoms with Gasteiger partial charge in [-0.2, -0.15) is 0 Å². The zero-order valence-corrected chi connectivity index (χ0v) is 8.37. The van der Waals surface area contributed by atoms with Crippen molar-refractivity contribution in [1.82, 2.24) is 15.0 Å². The number of hydrogen-bond donors (Lipinski definition) is 1. The molecule has 1 N–H and O–H groups in total. The molecule has 0 atom stereocenters. The number of pyridine rings is 1. The number of rotatable bonds is 3. The first-order valence-corrected chi connectivity index (χ1v) is 4.51. The van der Waals surface area contributed by atoms with Crippen LogP contribution in [0.1, 0.15) is 0 Å². The number of halogens is 1. The van der Waals surface area contributed by atoms with E-state index in [0.717, 1.165) is 12.4 Å². The summed E-state index contributed by atoms with van der Waals surface area (Å²) >= 11 is 0. The fourth-order valence-electron chi connectivity index (χ4n) is 1.12. The van der Waals surface area contributed by atoms with Gasteiger partial charge in [-0.25, -0.2) is 19.3 Å². The van der Waals surface area contributed by atoms with Crippen molar-refractivity contribution in [3.8, 4) is 0 Å². The van der Waals surface area contributed by atoms with E-state index in [-0.39, 0.29) is 17.5 Å². The fourth-order valence-corrected chi connectivity index (χ4v) is 1.12. The molecule has 2 heterocycles. The van der Waals surface area contributed by atoms with Gasteiger partial charge in [-0.15, -0.1) is 0 Å². The molecule has 0 saturated heterocycles. The van der Waals surface area contributed by atoms with E-state index in [9.17, 15) is 14.5 Å². The lowest BCUT2D eigenvalue weighted by Gasteiger charge is -2.03. The summed E-state index contributed by atoms with van der Waals surface area (Å²) in [6.07, 6.45) is 3.28. The molecule has 0 amide bonds. The molecule has 86 valence electrons. The smallest absolute Gasteiger partial charge is 0.303 e. The van der Waals surface area contributed by atoms with Crippen LogP contribution in [0.3, 0.4) is 0 Å². The van der Waals surface area contributed by atoms with Gasteiger partial charge < -0.3 is 5.32 Å². The van der Waals surface area contributed by atoms with E-state index in [1.165, 1.54) is 18.3 Å². The van der Waals surface area contributed by atoms with Gasteiger partial charge in [0.05, 0.1) is 17.3 Å². The van der Waals surface area contributed by atoms with E-state index >= 15 is 0 Å². The molecule has 0 aliphatic carbocycles. The molecule has 0 fully saturated rings. The highest BCUT2D eigenvalue weighted by molar-refractivity contribution is 5.60. The first-order valence-electron chi connectivity index (χ1n) is 4.51. The molecule has 0 aliphatic rings. The molecule has 0 spiro atoms. The van der Waals surface area contributed by atoms with Crippen molar-refractivity contribution in [2.24, 2.45) is 0 Å². The minimum absolute atomic E-state index is 0.00380. The summed E-state index contributed by atoms with van der Waals surface area (Å²) in [6, 6.07) is 2.73. The Morgan fingerprint density at radius 3 is 2.65 bits per heavy atom. The molecular weight excluding hydrogens is 229 g/mol. The minimum atomic E-state index is -0.592. The van der Waals surface area contributed by atoms with E-state index in [1.54, 1.807) is 0 Å². The molecular formula is C9H6FN5O2. The number of nitrogens with zero attached hydrogens (tertiary/aromatic N) is 4. The van der Waals surface area contributed by atoms with Gasteiger partial charge in [0.25, 0.3) is 0 Å². The highest BCUT2D eigenvalue weighted by atomic mass is 19.1. The van der Waals surface area contributed by atoms with E-state index < -0.39 is 10.7 Å². The van der Waals surface area contributed by atoms with Crippen LogP contribution < -0.4 is 5.32 Å². The lowest BCUT2D eigenvalue weighted by molar-refractivity contribution is -0.384. The highest BCUT2D eigenvalue weighted by Gasteiger charge is 2.14. The van der Waals surface area contributed by atoms with E-state index in [1.807, 2.05) is 0 Å². The lowest BCUT2D eigenvalue weighted by atomic mass is 10.4. The Balaban J connectivity index is 2.30. The zero-order valence-electron chi connectivity index (χ0n) is 8.37. The Morgan fingerprint density at radius 2 is 2.00 bits per heavy atom. The summed E-state index contributed by atoms with van der Waals surface area (Å²) in [5.41, 5.74) is -0.208. The largest absolute Gasteiger partial charge is 0.311 e. The Labute approximate surface area is 94.5 Å². The van der Waals surface area contributed by atoms with Crippen molar-refractivity contribution in [3.63, 3.8) is 0 Å². The van der Waals surface area contributed by atoms with Crippen LogP contribution in [0.25, 0.3) is 0 Å². The summed E-state index contributed by atoms with van der Waals surface area (Å²) in [7, 11) is 0. The summed E-state index contributed by atoms with van der Waals surface area (Å²) in [5, 5.41) is 13.2. The highest BCUT2D eigenvalue weighted by Crippen LogP contribution is 2.22. The Kier molecular flexibility index (Phi) is 2.86. The predicted molar refractivity (Wildman–Crippen MR) is 56.2 cm³/mol. The number of nitro groups is 1. The quantitative estimate of drug-likeness (QED) is 0.642. The van der Waals surface area contributed by atoms with Crippen LogP contribution in [0.4, 0.5) is 21.8 Å². The average molecular weight is 235 g/mol. The first kappa shape index (κ1) is 10.9. The SMILES string of the molecule is O=[N+]([O-])c1cccnc1Nc1ncc(F)cn1. The second-order valence-electron chi connectivity index (χ2n) is 2.98. The molecule has 0 bridgehead atoms.